The quantitative estimate of drug-likeness (QED) is 0.306. The molecule has 3 aromatic carbocycles. The van der Waals surface area contributed by atoms with Crippen molar-refractivity contribution in [2.45, 2.75) is 69.2 Å². The van der Waals surface area contributed by atoms with Crippen LogP contribution < -0.4 is 19.9 Å². The molecule has 7 rings (SSSR count). The summed E-state index contributed by atoms with van der Waals surface area (Å²) in [6.07, 6.45) is -0.189. The molecule has 3 amide bonds. The molecule has 2 fully saturated rings. The zero-order valence-electron chi connectivity index (χ0n) is 29.1. The predicted octanol–water partition coefficient (Wildman–Crippen LogP) is 3.31. The van der Waals surface area contributed by atoms with Gasteiger partial charge in [-0.3, -0.25) is 14.4 Å². The molecule has 11 nitrogen and oxygen atoms in total. The first kappa shape index (κ1) is 34.4. The standard InChI is InChI=1S/C38H46N4O7Si/c1-24-36(50(3,4)47)33(19-34(44)41-22-27-8-6-5-7-26(27)17-29(41)23-43)49-38(24)31-18-30(48-2)13-14-32(31)42(37(38)46)21-25-9-11-28(12-10-25)40-16-15-39-20-35(40)45/h5-14,18,24,29,33,36,39,43,47H,15-17,19-23H2,1-4H3/t24-,29-,33+,36-,38+/m0/s1. The lowest BCUT2D eigenvalue weighted by molar-refractivity contribution is -0.151. The number of nitrogens with zero attached hydrogens (tertiary/aromatic N) is 3. The summed E-state index contributed by atoms with van der Waals surface area (Å²) in [5, 5.41) is 13.4. The Morgan fingerprint density at radius 1 is 1.08 bits per heavy atom. The maximum Gasteiger partial charge on any atom is 0.264 e. The second-order valence-corrected chi connectivity index (χ2v) is 18.5. The van der Waals surface area contributed by atoms with Gasteiger partial charge in [-0.15, -0.1) is 0 Å². The first-order valence-corrected chi connectivity index (χ1v) is 20.5. The van der Waals surface area contributed by atoms with Crippen LogP contribution in [0.15, 0.2) is 66.7 Å². The van der Waals surface area contributed by atoms with E-state index in [0.29, 0.717) is 43.1 Å². The van der Waals surface area contributed by atoms with Crippen LogP contribution >= 0.6 is 0 Å². The highest BCUT2D eigenvalue weighted by molar-refractivity contribution is 6.71. The van der Waals surface area contributed by atoms with E-state index in [1.54, 1.807) is 21.8 Å². The van der Waals surface area contributed by atoms with Gasteiger partial charge in [-0.2, -0.15) is 0 Å². The van der Waals surface area contributed by atoms with Crippen molar-refractivity contribution in [2.75, 3.05) is 43.2 Å². The molecule has 12 heteroatoms. The molecule has 4 aliphatic rings. The van der Waals surface area contributed by atoms with Crippen LogP contribution in [-0.2, 0) is 44.2 Å². The maximum atomic E-state index is 14.9. The number of piperazine rings is 1. The Hall–Kier alpha value is -4.07. The Morgan fingerprint density at radius 2 is 1.82 bits per heavy atom. The molecule has 0 bridgehead atoms. The van der Waals surface area contributed by atoms with Gasteiger partial charge in [0.05, 0.1) is 51.1 Å². The van der Waals surface area contributed by atoms with Gasteiger partial charge in [0.15, 0.2) is 13.9 Å². The number of benzene rings is 3. The van der Waals surface area contributed by atoms with Gasteiger partial charge in [0.25, 0.3) is 5.91 Å². The molecule has 5 atom stereocenters. The Kier molecular flexibility index (Phi) is 9.10. The number of carbonyl (C=O) groups excluding carboxylic acids is 3. The number of nitrogens with one attached hydrogen (secondary N) is 1. The van der Waals surface area contributed by atoms with Gasteiger partial charge in [-0.1, -0.05) is 43.3 Å². The second-order valence-electron chi connectivity index (χ2n) is 14.6. The lowest BCUT2D eigenvalue weighted by Crippen LogP contribution is -2.48. The van der Waals surface area contributed by atoms with Crippen molar-refractivity contribution in [3.05, 3.63) is 89.0 Å². The molecule has 264 valence electrons. The summed E-state index contributed by atoms with van der Waals surface area (Å²) in [6.45, 7) is 7.76. The molecule has 3 N–H and O–H groups in total. The lowest BCUT2D eigenvalue weighted by atomic mass is 9.82. The summed E-state index contributed by atoms with van der Waals surface area (Å²) in [5.41, 5.74) is 3.35. The molecule has 4 aliphatic heterocycles. The Balaban J connectivity index is 1.20. The third-order valence-electron chi connectivity index (χ3n) is 11.1. The minimum Gasteiger partial charge on any atom is -0.497 e. The first-order chi connectivity index (χ1) is 24.0. The second kappa shape index (κ2) is 13.2. The highest BCUT2D eigenvalue weighted by Gasteiger charge is 2.66. The van der Waals surface area contributed by atoms with Crippen LogP contribution in [0.5, 0.6) is 5.75 Å². The van der Waals surface area contributed by atoms with Crippen LogP contribution in [0, 0.1) is 5.92 Å². The Labute approximate surface area is 293 Å². The summed E-state index contributed by atoms with van der Waals surface area (Å²) >= 11 is 0. The van der Waals surface area contributed by atoms with Crippen molar-refractivity contribution in [3.8, 4) is 5.75 Å². The number of aliphatic hydroxyl groups excluding tert-OH is 1. The zero-order valence-corrected chi connectivity index (χ0v) is 30.1. The smallest absolute Gasteiger partial charge is 0.264 e. The van der Waals surface area contributed by atoms with Gasteiger partial charge in [0.1, 0.15) is 5.75 Å². The van der Waals surface area contributed by atoms with Gasteiger partial charge in [0.2, 0.25) is 11.8 Å². The molecule has 0 saturated carbocycles. The zero-order chi connectivity index (χ0) is 35.4. The number of ether oxygens (including phenoxy) is 2. The molecule has 2 saturated heterocycles. The Morgan fingerprint density at radius 3 is 2.50 bits per heavy atom. The van der Waals surface area contributed by atoms with Crippen LogP contribution in [0.4, 0.5) is 11.4 Å². The van der Waals surface area contributed by atoms with E-state index in [2.05, 4.69) is 5.32 Å². The number of fused-ring (bicyclic) bond motifs is 3. The average Bonchev–Trinajstić information content (AvgIpc) is 3.53. The number of amides is 3. The highest BCUT2D eigenvalue weighted by atomic mass is 28.4. The number of hydrogen-bond acceptors (Lipinski definition) is 8. The molecule has 0 aromatic heterocycles. The van der Waals surface area contributed by atoms with Gasteiger partial charge >= 0.3 is 0 Å². The fourth-order valence-electron chi connectivity index (χ4n) is 8.72. The van der Waals surface area contributed by atoms with E-state index in [4.69, 9.17) is 9.47 Å². The van der Waals surface area contributed by atoms with Crippen molar-refractivity contribution in [1.29, 1.82) is 0 Å². The maximum absolute atomic E-state index is 14.9. The number of carbonyl (C=O) groups is 3. The van der Waals surface area contributed by atoms with Gasteiger partial charge in [-0.05, 0) is 66.5 Å². The normalized spacial score (nSPS) is 26.4. The number of rotatable bonds is 8. The monoisotopic (exact) mass is 698 g/mol. The van der Waals surface area contributed by atoms with E-state index < -0.39 is 31.5 Å². The topological polar surface area (TPSA) is 132 Å². The summed E-state index contributed by atoms with van der Waals surface area (Å²) in [4.78, 5) is 58.5. The van der Waals surface area contributed by atoms with Gasteiger partial charge in [-0.25, -0.2) is 0 Å². The van der Waals surface area contributed by atoms with E-state index in [9.17, 15) is 24.3 Å². The average molecular weight is 699 g/mol. The van der Waals surface area contributed by atoms with Crippen molar-refractivity contribution < 1.29 is 33.8 Å². The fourth-order valence-corrected chi connectivity index (χ4v) is 11.3. The molecule has 3 aromatic rings. The molecule has 4 heterocycles. The van der Waals surface area contributed by atoms with Crippen LogP contribution in [0.3, 0.4) is 0 Å². The van der Waals surface area contributed by atoms with E-state index in [1.807, 2.05) is 86.7 Å². The van der Waals surface area contributed by atoms with E-state index in [-0.39, 0.29) is 43.3 Å². The number of methoxy groups -OCH3 is 1. The molecule has 0 radical (unpaired) electrons. The van der Waals surface area contributed by atoms with Crippen molar-refractivity contribution >= 4 is 37.4 Å². The summed E-state index contributed by atoms with van der Waals surface area (Å²) in [6, 6.07) is 20.8. The van der Waals surface area contributed by atoms with Crippen LogP contribution in [0.2, 0.25) is 18.6 Å². The predicted molar refractivity (Wildman–Crippen MR) is 191 cm³/mol. The van der Waals surface area contributed by atoms with E-state index >= 15 is 0 Å². The van der Waals surface area contributed by atoms with Crippen LogP contribution in [0.25, 0.3) is 0 Å². The first-order valence-electron chi connectivity index (χ1n) is 17.4. The van der Waals surface area contributed by atoms with Crippen molar-refractivity contribution in [3.63, 3.8) is 0 Å². The lowest BCUT2D eigenvalue weighted by Gasteiger charge is -2.37. The fraction of sp³-hybridized carbons (Fsp3) is 0.447. The largest absolute Gasteiger partial charge is 0.497 e. The summed E-state index contributed by atoms with van der Waals surface area (Å²) < 4.78 is 12.6. The molecule has 50 heavy (non-hydrogen) atoms. The minimum absolute atomic E-state index is 0.0193. The number of hydrogen-bond donors (Lipinski definition) is 3. The third kappa shape index (κ3) is 5.82. The van der Waals surface area contributed by atoms with Gasteiger partial charge in [0, 0.05) is 42.3 Å². The van der Waals surface area contributed by atoms with Crippen molar-refractivity contribution in [2.24, 2.45) is 5.92 Å². The van der Waals surface area contributed by atoms with Gasteiger partial charge < -0.3 is 39.4 Å². The molecule has 1 spiro atoms. The number of aliphatic hydroxyl groups is 1. The minimum atomic E-state index is -3.02. The Bertz CT molecular complexity index is 1800. The van der Waals surface area contributed by atoms with Crippen molar-refractivity contribution in [1.82, 2.24) is 10.2 Å². The summed E-state index contributed by atoms with van der Waals surface area (Å²) in [5.74, 6) is -0.272. The molecule has 0 aliphatic carbocycles. The van der Waals surface area contributed by atoms with E-state index in [0.717, 1.165) is 28.9 Å². The summed E-state index contributed by atoms with van der Waals surface area (Å²) in [7, 11) is -1.45. The highest BCUT2D eigenvalue weighted by Crippen LogP contribution is 2.60. The van der Waals surface area contributed by atoms with Crippen LogP contribution in [0.1, 0.15) is 35.6 Å². The van der Waals surface area contributed by atoms with E-state index in [1.165, 1.54) is 0 Å². The SMILES string of the molecule is COc1ccc2c(c1)[C@@]1(O[C@H](CC(=O)N3Cc4ccccc4C[C@H]3CO)[C@@H]([Si](C)(C)O)[C@@H]1C)C(=O)N2Cc1ccc(N2CCNCC2=O)cc1. The van der Waals surface area contributed by atoms with Crippen LogP contribution in [-0.4, -0.2) is 86.3 Å². The molecular formula is C38H46N4O7Si. The number of anilines is 2. The third-order valence-corrected chi connectivity index (χ3v) is 13.6. The molecular weight excluding hydrogens is 653 g/mol. The molecule has 0 unspecified atom stereocenters.